The van der Waals surface area contributed by atoms with Crippen molar-refractivity contribution in [1.29, 1.82) is 5.41 Å². The Hall–Kier alpha value is -2.30. The van der Waals surface area contributed by atoms with Crippen LogP contribution in [0, 0.1) is 5.41 Å². The van der Waals surface area contributed by atoms with Gasteiger partial charge in [0.05, 0.1) is 5.39 Å². The van der Waals surface area contributed by atoms with Crippen LogP contribution in [0.5, 0.6) is 5.75 Å². The number of phenols is 1. The van der Waals surface area contributed by atoms with Gasteiger partial charge in [-0.3, -0.25) is 10.2 Å². The molecule has 1 atom stereocenters. The summed E-state index contributed by atoms with van der Waals surface area (Å²) >= 11 is 0. The predicted molar refractivity (Wildman–Crippen MR) is 90.3 cm³/mol. The Balaban J connectivity index is 2.18. The molecule has 0 saturated heterocycles. The van der Waals surface area contributed by atoms with Crippen LogP contribution < -0.4 is 5.43 Å². The molecule has 2 N–H and O–H groups in total. The lowest BCUT2D eigenvalue weighted by Gasteiger charge is -2.17. The molecule has 0 amide bonds. The minimum Gasteiger partial charge on any atom is -0.508 e. The molecule has 0 saturated carbocycles. The molecule has 0 spiro atoms. The van der Waals surface area contributed by atoms with E-state index in [4.69, 9.17) is 14.6 Å². The standard InChI is InChI=1S/C18H23NO4/c1-3-5-6-7-13(4-2)22-18(19)17-11-15(21)14-9-8-12(20)10-16(14)23-17/h8-11,13,19-20H,3-7H2,1-2H3. The summed E-state index contributed by atoms with van der Waals surface area (Å²) in [4.78, 5) is 12.1. The van der Waals surface area contributed by atoms with Gasteiger partial charge in [-0.1, -0.05) is 26.7 Å². The fourth-order valence-corrected chi connectivity index (χ4v) is 2.45. The molecule has 1 aromatic carbocycles. The maximum absolute atomic E-state index is 12.1. The molecule has 1 heterocycles. The molecule has 5 heteroatoms. The molecule has 2 rings (SSSR count). The summed E-state index contributed by atoms with van der Waals surface area (Å²) < 4.78 is 11.2. The summed E-state index contributed by atoms with van der Waals surface area (Å²) in [5, 5.41) is 17.9. The zero-order valence-electron chi connectivity index (χ0n) is 13.6. The van der Waals surface area contributed by atoms with Crippen LogP contribution in [0.3, 0.4) is 0 Å². The van der Waals surface area contributed by atoms with Gasteiger partial charge in [-0.25, -0.2) is 0 Å². The van der Waals surface area contributed by atoms with E-state index in [-0.39, 0.29) is 34.5 Å². The molecule has 1 aromatic heterocycles. The normalized spacial score (nSPS) is 12.3. The molecule has 2 aromatic rings. The topological polar surface area (TPSA) is 83.5 Å². The Morgan fingerprint density at radius 1 is 1.30 bits per heavy atom. The molecule has 124 valence electrons. The number of hydrogen-bond acceptors (Lipinski definition) is 5. The minimum absolute atomic E-state index is 0.0104. The molecule has 5 nitrogen and oxygen atoms in total. The van der Waals surface area contributed by atoms with E-state index in [0.29, 0.717) is 5.39 Å². The monoisotopic (exact) mass is 317 g/mol. The summed E-state index contributed by atoms with van der Waals surface area (Å²) in [5.41, 5.74) is -0.00601. The van der Waals surface area contributed by atoms with E-state index in [1.54, 1.807) is 0 Å². The maximum atomic E-state index is 12.1. The van der Waals surface area contributed by atoms with Gasteiger partial charge in [-0.2, -0.15) is 0 Å². The quantitative estimate of drug-likeness (QED) is 0.455. The van der Waals surface area contributed by atoms with Crippen molar-refractivity contribution in [1.82, 2.24) is 0 Å². The first kappa shape index (κ1) is 17.1. The van der Waals surface area contributed by atoms with Crippen molar-refractivity contribution in [3.8, 4) is 5.75 Å². The van der Waals surface area contributed by atoms with E-state index < -0.39 is 0 Å². The van der Waals surface area contributed by atoms with E-state index in [0.717, 1.165) is 32.1 Å². The van der Waals surface area contributed by atoms with E-state index in [9.17, 15) is 9.90 Å². The largest absolute Gasteiger partial charge is 0.508 e. The average Bonchev–Trinajstić information content (AvgIpc) is 2.53. The number of benzene rings is 1. The zero-order valence-corrected chi connectivity index (χ0v) is 13.6. The molecule has 0 fully saturated rings. The van der Waals surface area contributed by atoms with E-state index >= 15 is 0 Å². The van der Waals surface area contributed by atoms with Crippen molar-refractivity contribution < 1.29 is 14.3 Å². The Bertz CT molecular complexity index is 735. The van der Waals surface area contributed by atoms with E-state index in [1.165, 1.54) is 24.3 Å². The fraction of sp³-hybridized carbons (Fsp3) is 0.444. The molecule has 0 radical (unpaired) electrons. The Morgan fingerprint density at radius 2 is 2.09 bits per heavy atom. The third-order valence-electron chi connectivity index (χ3n) is 3.81. The van der Waals surface area contributed by atoms with Crippen LogP contribution in [0.1, 0.15) is 51.7 Å². The van der Waals surface area contributed by atoms with Crippen LogP contribution in [0.15, 0.2) is 33.5 Å². The van der Waals surface area contributed by atoms with Gasteiger partial charge in [0.25, 0.3) is 5.90 Å². The summed E-state index contributed by atoms with van der Waals surface area (Å²) in [6.45, 7) is 4.15. The van der Waals surface area contributed by atoms with Gasteiger partial charge in [-0.15, -0.1) is 0 Å². The molecule has 0 aliphatic heterocycles. The lowest BCUT2D eigenvalue weighted by Crippen LogP contribution is -2.19. The summed E-state index contributed by atoms with van der Waals surface area (Å²) in [6, 6.07) is 5.57. The third-order valence-corrected chi connectivity index (χ3v) is 3.81. The number of hydrogen-bond donors (Lipinski definition) is 2. The van der Waals surface area contributed by atoms with Crippen LogP contribution in [0.4, 0.5) is 0 Å². The second kappa shape index (κ2) is 7.81. The molecular weight excluding hydrogens is 294 g/mol. The van der Waals surface area contributed by atoms with Crippen molar-refractivity contribution in [2.45, 2.75) is 52.1 Å². The first-order valence-electron chi connectivity index (χ1n) is 8.07. The number of ether oxygens (including phenoxy) is 1. The van der Waals surface area contributed by atoms with Crippen LogP contribution in [-0.4, -0.2) is 17.1 Å². The van der Waals surface area contributed by atoms with Crippen LogP contribution in [-0.2, 0) is 4.74 Å². The first-order valence-corrected chi connectivity index (χ1v) is 8.07. The Labute approximate surface area is 135 Å². The summed E-state index contributed by atoms with van der Waals surface area (Å²) in [5.74, 6) is -0.0472. The lowest BCUT2D eigenvalue weighted by molar-refractivity contribution is 0.165. The van der Waals surface area contributed by atoms with Gasteiger partial charge in [0.1, 0.15) is 17.4 Å². The van der Waals surface area contributed by atoms with Gasteiger partial charge in [0.2, 0.25) is 0 Å². The van der Waals surface area contributed by atoms with Gasteiger partial charge < -0.3 is 14.3 Å². The van der Waals surface area contributed by atoms with Crippen LogP contribution in [0.25, 0.3) is 11.0 Å². The number of nitrogens with one attached hydrogen (secondary N) is 1. The van der Waals surface area contributed by atoms with Gasteiger partial charge in [0.15, 0.2) is 11.2 Å². The van der Waals surface area contributed by atoms with Gasteiger partial charge in [0, 0.05) is 12.1 Å². The SMILES string of the molecule is CCCCCC(CC)OC(=N)c1cc(=O)c2ccc(O)cc2o1. The molecule has 0 aliphatic rings. The predicted octanol–water partition coefficient (Wildman–Crippen LogP) is 4.20. The number of aromatic hydroxyl groups is 1. The third kappa shape index (κ3) is 4.34. The van der Waals surface area contributed by atoms with Crippen molar-refractivity contribution >= 4 is 16.9 Å². The van der Waals surface area contributed by atoms with Gasteiger partial charge >= 0.3 is 0 Å². The van der Waals surface area contributed by atoms with Crippen molar-refractivity contribution in [3.05, 3.63) is 40.2 Å². The number of phenolic OH excluding ortho intramolecular Hbond substituents is 1. The minimum atomic E-state index is -0.256. The van der Waals surface area contributed by atoms with Gasteiger partial charge in [-0.05, 0) is 31.4 Å². The highest BCUT2D eigenvalue weighted by atomic mass is 16.5. The smallest absolute Gasteiger partial charge is 0.250 e. The lowest BCUT2D eigenvalue weighted by atomic mass is 10.1. The van der Waals surface area contributed by atoms with Crippen LogP contribution >= 0.6 is 0 Å². The number of rotatable bonds is 7. The van der Waals surface area contributed by atoms with E-state index in [2.05, 4.69) is 6.92 Å². The summed E-state index contributed by atoms with van der Waals surface area (Å²) in [6.07, 6.45) is 4.95. The maximum Gasteiger partial charge on any atom is 0.250 e. The second-order valence-electron chi connectivity index (χ2n) is 5.63. The van der Waals surface area contributed by atoms with Crippen LogP contribution in [0.2, 0.25) is 0 Å². The van der Waals surface area contributed by atoms with Crippen molar-refractivity contribution in [2.24, 2.45) is 0 Å². The molecule has 0 aliphatic carbocycles. The Morgan fingerprint density at radius 3 is 2.78 bits per heavy atom. The van der Waals surface area contributed by atoms with Crippen molar-refractivity contribution in [3.63, 3.8) is 0 Å². The fourth-order valence-electron chi connectivity index (χ4n) is 2.45. The molecule has 23 heavy (non-hydrogen) atoms. The molecule has 1 unspecified atom stereocenters. The molecule has 0 bridgehead atoms. The highest BCUT2D eigenvalue weighted by Gasteiger charge is 2.15. The number of unbranched alkanes of at least 4 members (excludes halogenated alkanes) is 2. The summed E-state index contributed by atoms with van der Waals surface area (Å²) in [7, 11) is 0. The van der Waals surface area contributed by atoms with Crippen molar-refractivity contribution in [2.75, 3.05) is 0 Å². The Kier molecular flexibility index (Phi) is 5.79. The number of fused-ring (bicyclic) bond motifs is 1. The second-order valence-corrected chi connectivity index (χ2v) is 5.63. The highest BCUT2D eigenvalue weighted by Crippen LogP contribution is 2.19. The zero-order chi connectivity index (χ0) is 16.8. The highest BCUT2D eigenvalue weighted by molar-refractivity contribution is 5.91. The van der Waals surface area contributed by atoms with E-state index in [1.807, 2.05) is 6.92 Å². The molecular formula is C18H23NO4. The average molecular weight is 317 g/mol. The first-order chi connectivity index (χ1) is 11.0.